The molecule has 1 N–H and O–H groups in total. The maximum absolute atomic E-state index is 12.1. The average molecular weight is 306 g/mol. The summed E-state index contributed by atoms with van der Waals surface area (Å²) >= 11 is 0. The Balaban J connectivity index is 0.00000162. The molecule has 1 atom stereocenters. The van der Waals surface area contributed by atoms with Crippen molar-refractivity contribution in [2.24, 2.45) is 0 Å². The van der Waals surface area contributed by atoms with Crippen molar-refractivity contribution in [3.63, 3.8) is 0 Å². The number of halogens is 2. The number of piperazine rings is 1. The van der Waals surface area contributed by atoms with Crippen LogP contribution in [0.15, 0.2) is 24.4 Å². The third-order valence-electron chi connectivity index (χ3n) is 3.14. The quantitative estimate of drug-likeness (QED) is 0.924. The molecule has 4 nitrogen and oxygen atoms in total. The third kappa shape index (κ3) is 5.35. The number of amides is 1. The lowest BCUT2D eigenvalue weighted by Gasteiger charge is -2.34. The number of rotatable bonds is 3. The van der Waals surface area contributed by atoms with Crippen LogP contribution in [0, 0.1) is 0 Å². The van der Waals surface area contributed by atoms with Crippen LogP contribution >= 0.6 is 24.8 Å². The molecule has 2 rings (SSSR count). The molecule has 0 aliphatic carbocycles. The Bertz CT molecular complexity index is 375. The SMILES string of the molecule is C[C@H]1CNCCN1C(=O)CCc1ccccn1.Cl.Cl. The van der Waals surface area contributed by atoms with Gasteiger partial charge in [0.15, 0.2) is 0 Å². The van der Waals surface area contributed by atoms with Crippen LogP contribution < -0.4 is 5.32 Å². The minimum absolute atomic E-state index is 0. The van der Waals surface area contributed by atoms with Gasteiger partial charge >= 0.3 is 0 Å². The molecule has 1 saturated heterocycles. The summed E-state index contributed by atoms with van der Waals surface area (Å²) in [4.78, 5) is 18.3. The van der Waals surface area contributed by atoms with Gasteiger partial charge in [0.2, 0.25) is 5.91 Å². The molecule has 0 bridgehead atoms. The number of carbonyl (C=O) groups is 1. The lowest BCUT2D eigenvalue weighted by Crippen LogP contribution is -2.52. The van der Waals surface area contributed by atoms with Gasteiger partial charge in [-0.2, -0.15) is 0 Å². The molecule has 0 unspecified atom stereocenters. The van der Waals surface area contributed by atoms with E-state index in [1.165, 1.54) is 0 Å². The van der Waals surface area contributed by atoms with Crippen LogP contribution in [0.2, 0.25) is 0 Å². The normalized spacial score (nSPS) is 18.2. The number of nitrogens with zero attached hydrogens (tertiary/aromatic N) is 2. The standard InChI is InChI=1S/C13H19N3O.2ClH/c1-11-10-14-8-9-16(11)13(17)6-5-12-4-2-3-7-15-12;;/h2-4,7,11,14H,5-6,8-10H2,1H3;2*1H/t11-;;/m0../s1. The highest BCUT2D eigenvalue weighted by molar-refractivity contribution is 5.85. The first-order valence-corrected chi connectivity index (χ1v) is 6.17. The highest BCUT2D eigenvalue weighted by Gasteiger charge is 2.22. The number of hydrogen-bond acceptors (Lipinski definition) is 3. The predicted octanol–water partition coefficient (Wildman–Crippen LogP) is 1.68. The highest BCUT2D eigenvalue weighted by atomic mass is 35.5. The average Bonchev–Trinajstić information content (AvgIpc) is 2.38. The molecule has 19 heavy (non-hydrogen) atoms. The zero-order valence-electron chi connectivity index (χ0n) is 11.0. The van der Waals surface area contributed by atoms with Crippen molar-refractivity contribution in [2.75, 3.05) is 19.6 Å². The van der Waals surface area contributed by atoms with Crippen LogP contribution in [-0.2, 0) is 11.2 Å². The van der Waals surface area contributed by atoms with Gasteiger partial charge in [0.05, 0.1) is 0 Å². The van der Waals surface area contributed by atoms with Gasteiger partial charge in [-0.1, -0.05) is 6.07 Å². The Labute approximate surface area is 126 Å². The topological polar surface area (TPSA) is 45.2 Å². The zero-order chi connectivity index (χ0) is 12.1. The minimum atomic E-state index is 0. The Kier molecular flexibility index (Phi) is 8.72. The predicted molar refractivity (Wildman–Crippen MR) is 81.1 cm³/mol. The molecule has 1 aliphatic heterocycles. The monoisotopic (exact) mass is 305 g/mol. The lowest BCUT2D eigenvalue weighted by molar-refractivity contribution is -0.133. The molecule has 1 aliphatic rings. The van der Waals surface area contributed by atoms with E-state index in [2.05, 4.69) is 17.2 Å². The van der Waals surface area contributed by atoms with E-state index in [1.54, 1.807) is 6.20 Å². The number of aromatic nitrogens is 1. The van der Waals surface area contributed by atoms with E-state index in [4.69, 9.17) is 0 Å². The molecule has 6 heteroatoms. The first-order valence-electron chi connectivity index (χ1n) is 6.17. The smallest absolute Gasteiger partial charge is 0.223 e. The highest BCUT2D eigenvalue weighted by Crippen LogP contribution is 2.07. The van der Waals surface area contributed by atoms with Gasteiger partial charge in [-0.15, -0.1) is 24.8 Å². The Hall–Kier alpha value is -0.840. The van der Waals surface area contributed by atoms with E-state index in [0.29, 0.717) is 12.5 Å². The molecular formula is C13H21Cl2N3O. The fourth-order valence-electron chi connectivity index (χ4n) is 2.14. The van der Waals surface area contributed by atoms with Gasteiger partial charge in [-0.05, 0) is 25.5 Å². The molecule has 1 amide bonds. The van der Waals surface area contributed by atoms with Gasteiger partial charge in [-0.3, -0.25) is 9.78 Å². The molecule has 0 spiro atoms. The molecule has 1 fully saturated rings. The summed E-state index contributed by atoms with van der Waals surface area (Å²) in [5.74, 6) is 0.240. The second-order valence-electron chi connectivity index (χ2n) is 4.46. The van der Waals surface area contributed by atoms with Crippen molar-refractivity contribution in [3.8, 4) is 0 Å². The lowest BCUT2D eigenvalue weighted by atomic mass is 10.1. The van der Waals surface area contributed by atoms with Gasteiger partial charge < -0.3 is 10.2 Å². The second-order valence-corrected chi connectivity index (χ2v) is 4.46. The van der Waals surface area contributed by atoms with Gasteiger partial charge in [0.1, 0.15) is 0 Å². The summed E-state index contributed by atoms with van der Waals surface area (Å²) in [6.07, 6.45) is 3.06. The molecule has 0 saturated carbocycles. The van der Waals surface area contributed by atoms with Crippen molar-refractivity contribution in [1.29, 1.82) is 0 Å². The summed E-state index contributed by atoms with van der Waals surface area (Å²) in [5.41, 5.74) is 0.989. The van der Waals surface area contributed by atoms with Crippen molar-refractivity contribution in [2.45, 2.75) is 25.8 Å². The molecule has 1 aromatic heterocycles. The van der Waals surface area contributed by atoms with E-state index in [0.717, 1.165) is 31.7 Å². The zero-order valence-corrected chi connectivity index (χ0v) is 12.7. The van der Waals surface area contributed by atoms with Crippen LogP contribution in [0.25, 0.3) is 0 Å². The van der Waals surface area contributed by atoms with E-state index in [-0.39, 0.29) is 30.7 Å². The first-order chi connectivity index (χ1) is 8.27. The van der Waals surface area contributed by atoms with E-state index in [1.807, 2.05) is 23.1 Å². The number of hydrogen-bond donors (Lipinski definition) is 1. The number of nitrogens with one attached hydrogen (secondary N) is 1. The summed E-state index contributed by atoms with van der Waals surface area (Å²) in [6, 6.07) is 6.12. The maximum Gasteiger partial charge on any atom is 0.223 e. The van der Waals surface area contributed by atoms with E-state index in [9.17, 15) is 4.79 Å². The van der Waals surface area contributed by atoms with E-state index >= 15 is 0 Å². The van der Waals surface area contributed by atoms with Gasteiger partial charge in [-0.25, -0.2) is 0 Å². The first kappa shape index (κ1) is 18.2. The van der Waals surface area contributed by atoms with Crippen LogP contribution in [0.5, 0.6) is 0 Å². The Morgan fingerprint density at radius 3 is 2.89 bits per heavy atom. The summed E-state index contributed by atoms with van der Waals surface area (Å²) < 4.78 is 0. The van der Waals surface area contributed by atoms with Gasteiger partial charge in [0.25, 0.3) is 0 Å². The minimum Gasteiger partial charge on any atom is -0.337 e. The van der Waals surface area contributed by atoms with Crippen LogP contribution in [0.1, 0.15) is 19.0 Å². The number of pyridine rings is 1. The van der Waals surface area contributed by atoms with E-state index < -0.39 is 0 Å². The molecular weight excluding hydrogens is 285 g/mol. The fraction of sp³-hybridized carbons (Fsp3) is 0.538. The molecule has 108 valence electrons. The van der Waals surface area contributed by atoms with Crippen molar-refractivity contribution in [1.82, 2.24) is 15.2 Å². The van der Waals surface area contributed by atoms with Crippen molar-refractivity contribution in [3.05, 3.63) is 30.1 Å². The van der Waals surface area contributed by atoms with Crippen molar-refractivity contribution < 1.29 is 4.79 Å². The molecule has 0 aromatic carbocycles. The Morgan fingerprint density at radius 1 is 1.47 bits per heavy atom. The van der Waals surface area contributed by atoms with Gasteiger partial charge in [0, 0.05) is 44.0 Å². The maximum atomic E-state index is 12.1. The number of aryl methyl sites for hydroxylation is 1. The fourth-order valence-corrected chi connectivity index (χ4v) is 2.14. The molecule has 2 heterocycles. The molecule has 1 aromatic rings. The van der Waals surface area contributed by atoms with Crippen molar-refractivity contribution >= 4 is 30.7 Å². The summed E-state index contributed by atoms with van der Waals surface area (Å²) in [5, 5.41) is 3.29. The van der Waals surface area contributed by atoms with Crippen LogP contribution in [0.4, 0.5) is 0 Å². The van der Waals surface area contributed by atoms with Crippen LogP contribution in [-0.4, -0.2) is 41.5 Å². The summed E-state index contributed by atoms with van der Waals surface area (Å²) in [7, 11) is 0. The van der Waals surface area contributed by atoms with Crippen LogP contribution in [0.3, 0.4) is 0 Å². The summed E-state index contributed by atoms with van der Waals surface area (Å²) in [6.45, 7) is 4.71. The second kappa shape index (κ2) is 9.13. The molecule has 0 radical (unpaired) electrons. The number of carbonyl (C=O) groups excluding carboxylic acids is 1. The largest absolute Gasteiger partial charge is 0.337 e. The Morgan fingerprint density at radius 2 is 2.26 bits per heavy atom. The third-order valence-corrected chi connectivity index (χ3v) is 3.14.